The Morgan fingerprint density at radius 1 is 1.18 bits per heavy atom. The van der Waals surface area contributed by atoms with Crippen LogP contribution in [0.2, 0.25) is 0 Å². The van der Waals surface area contributed by atoms with Gasteiger partial charge in [-0.25, -0.2) is 9.78 Å². The number of likely N-dealkylation sites (tertiary alicyclic amines) is 3. The Balaban J connectivity index is 1.31. The first-order chi connectivity index (χ1) is 19.0. The van der Waals surface area contributed by atoms with Crippen molar-refractivity contribution in [3.8, 4) is 0 Å². The third kappa shape index (κ3) is 5.09. The van der Waals surface area contributed by atoms with Gasteiger partial charge in [0.15, 0.2) is 0 Å². The number of thiophene rings is 1. The molecule has 216 valence electrons. The highest BCUT2D eigenvalue weighted by Crippen LogP contribution is 2.43. The number of carbonyl (C=O) groups is 4. The Hall–Kier alpha value is -3.05. The molecule has 0 radical (unpaired) electrons. The minimum Gasteiger partial charge on any atom is -0.338 e. The number of aryl methyl sites for hydroxylation is 2. The molecule has 3 saturated heterocycles. The smallest absolute Gasteiger partial charge is 0.319 e. The van der Waals surface area contributed by atoms with E-state index in [-0.39, 0.29) is 35.8 Å². The van der Waals surface area contributed by atoms with Crippen molar-refractivity contribution in [2.24, 2.45) is 5.41 Å². The first-order valence-corrected chi connectivity index (χ1v) is 15.2. The van der Waals surface area contributed by atoms with Crippen LogP contribution in [0.1, 0.15) is 74.5 Å². The van der Waals surface area contributed by atoms with Crippen LogP contribution in [0.4, 0.5) is 9.80 Å². The van der Waals surface area contributed by atoms with Gasteiger partial charge >= 0.3 is 6.03 Å². The van der Waals surface area contributed by atoms with Crippen LogP contribution in [0, 0.1) is 19.3 Å². The summed E-state index contributed by atoms with van der Waals surface area (Å²) in [5, 5.41) is 6.90. The quantitative estimate of drug-likeness (QED) is 0.529. The topological polar surface area (TPSA) is 115 Å². The largest absolute Gasteiger partial charge is 0.338 e. The number of hydrogen-bond acceptors (Lipinski definition) is 7. The molecule has 0 saturated carbocycles. The van der Waals surface area contributed by atoms with E-state index in [1.54, 1.807) is 0 Å². The van der Waals surface area contributed by atoms with Gasteiger partial charge in [-0.2, -0.15) is 0 Å². The zero-order valence-corrected chi connectivity index (χ0v) is 24.9. The highest BCUT2D eigenvalue weighted by atomic mass is 32.1. The van der Waals surface area contributed by atoms with Crippen LogP contribution in [-0.4, -0.2) is 88.2 Å². The van der Waals surface area contributed by atoms with Crippen LogP contribution in [0.15, 0.2) is 6.07 Å². The molecule has 0 aliphatic carbocycles. The Morgan fingerprint density at radius 2 is 1.90 bits per heavy atom. The highest BCUT2D eigenvalue weighted by molar-refractivity contribution is 7.23. The molecular formula is C29H40N6O4S. The first-order valence-electron chi connectivity index (χ1n) is 14.4. The molecule has 2 aromatic heterocycles. The summed E-state index contributed by atoms with van der Waals surface area (Å²) in [6.07, 6.45) is 3.56. The van der Waals surface area contributed by atoms with Gasteiger partial charge in [0.25, 0.3) is 5.91 Å². The highest BCUT2D eigenvalue weighted by Gasteiger charge is 2.54. The van der Waals surface area contributed by atoms with E-state index in [1.807, 2.05) is 45.6 Å². The Kier molecular flexibility index (Phi) is 7.89. The van der Waals surface area contributed by atoms with Crippen molar-refractivity contribution < 1.29 is 19.2 Å². The maximum atomic E-state index is 13.9. The second-order valence-electron chi connectivity index (χ2n) is 11.8. The average molecular weight is 569 g/mol. The Bertz CT molecular complexity index is 1350. The molecule has 40 heavy (non-hydrogen) atoms. The monoisotopic (exact) mass is 568 g/mol. The average Bonchev–Trinajstić information content (AvgIpc) is 3.36. The van der Waals surface area contributed by atoms with Gasteiger partial charge in [0.2, 0.25) is 11.8 Å². The predicted octanol–water partition coefficient (Wildman–Crippen LogP) is 3.91. The number of imide groups is 1. The van der Waals surface area contributed by atoms with Crippen LogP contribution in [-0.2, 0) is 9.59 Å². The normalized spacial score (nSPS) is 22.6. The van der Waals surface area contributed by atoms with E-state index in [0.717, 1.165) is 53.7 Å². The van der Waals surface area contributed by atoms with Gasteiger partial charge in [-0.3, -0.25) is 29.5 Å². The number of piperidine rings is 2. The van der Waals surface area contributed by atoms with Gasteiger partial charge in [0.1, 0.15) is 9.83 Å². The third-order valence-electron chi connectivity index (χ3n) is 8.73. The van der Waals surface area contributed by atoms with Crippen LogP contribution < -0.4 is 10.6 Å². The molecule has 1 unspecified atom stereocenters. The Labute approximate surface area is 239 Å². The molecule has 2 N–H and O–H groups in total. The lowest BCUT2D eigenvalue weighted by Crippen LogP contribution is -2.54. The summed E-state index contributed by atoms with van der Waals surface area (Å²) in [7, 11) is 0. The predicted molar refractivity (Wildman–Crippen MR) is 156 cm³/mol. The van der Waals surface area contributed by atoms with Gasteiger partial charge < -0.3 is 10.2 Å². The van der Waals surface area contributed by atoms with E-state index in [1.165, 1.54) is 16.2 Å². The molecule has 2 aromatic rings. The standard InChI is InChI=1S/C29H40N6O4S/c1-6-30-28(39)32-25-23(21-14-18(4)19(5)31-24(21)40-25)26(37)33-12-8-20(9-13-33)34-11-7-10-29(16-34)15-22(36)35(17(2)3)27(29)38/h14,17,20H,6-13,15-16H2,1-5H3,(H2,30,32,39). The lowest BCUT2D eigenvalue weighted by molar-refractivity contribution is -0.145. The summed E-state index contributed by atoms with van der Waals surface area (Å²) in [5.41, 5.74) is 1.79. The van der Waals surface area contributed by atoms with Gasteiger partial charge in [0.05, 0.1) is 11.0 Å². The number of pyridine rings is 1. The third-order valence-corrected chi connectivity index (χ3v) is 9.74. The molecule has 3 aliphatic rings. The molecule has 10 nitrogen and oxygen atoms in total. The molecule has 3 aliphatic heterocycles. The van der Waals surface area contributed by atoms with Crippen LogP contribution in [0.25, 0.3) is 10.2 Å². The van der Waals surface area contributed by atoms with E-state index in [2.05, 4.69) is 20.5 Å². The maximum Gasteiger partial charge on any atom is 0.319 e. The molecule has 1 atom stereocenters. The number of urea groups is 1. The summed E-state index contributed by atoms with van der Waals surface area (Å²) in [6, 6.07) is 1.79. The van der Waals surface area contributed by atoms with Crippen molar-refractivity contribution in [1.82, 2.24) is 25.0 Å². The fourth-order valence-electron chi connectivity index (χ4n) is 6.55. The van der Waals surface area contributed by atoms with E-state index in [0.29, 0.717) is 43.2 Å². The summed E-state index contributed by atoms with van der Waals surface area (Å²) in [5.74, 6) is -0.163. The van der Waals surface area contributed by atoms with Gasteiger partial charge in [-0.1, -0.05) is 11.3 Å². The Morgan fingerprint density at radius 3 is 2.55 bits per heavy atom. The lowest BCUT2D eigenvalue weighted by Gasteiger charge is -2.45. The van der Waals surface area contributed by atoms with Crippen molar-refractivity contribution in [2.45, 2.75) is 78.8 Å². The fourth-order valence-corrected chi connectivity index (χ4v) is 7.64. The zero-order valence-electron chi connectivity index (χ0n) is 24.1. The number of carbonyl (C=O) groups excluding carboxylic acids is 4. The number of anilines is 1. The molecule has 5 heterocycles. The molecular weight excluding hydrogens is 528 g/mol. The summed E-state index contributed by atoms with van der Waals surface area (Å²) >= 11 is 1.33. The van der Waals surface area contributed by atoms with E-state index >= 15 is 0 Å². The van der Waals surface area contributed by atoms with E-state index in [9.17, 15) is 19.2 Å². The molecule has 11 heteroatoms. The molecule has 1 spiro atoms. The summed E-state index contributed by atoms with van der Waals surface area (Å²) in [4.78, 5) is 63.5. The van der Waals surface area contributed by atoms with Gasteiger partial charge in [-0.15, -0.1) is 0 Å². The van der Waals surface area contributed by atoms with Crippen molar-refractivity contribution in [2.75, 3.05) is 38.0 Å². The van der Waals surface area contributed by atoms with Crippen LogP contribution >= 0.6 is 11.3 Å². The summed E-state index contributed by atoms with van der Waals surface area (Å²) in [6.45, 7) is 12.7. The van der Waals surface area contributed by atoms with E-state index in [4.69, 9.17) is 0 Å². The molecule has 3 fully saturated rings. The SMILES string of the molecule is CCNC(=O)Nc1sc2nc(C)c(C)cc2c1C(=O)N1CCC(N2CCCC3(CC(=O)N(C(C)C)C3=O)C2)CC1. The second-order valence-corrected chi connectivity index (χ2v) is 12.8. The van der Waals surface area contributed by atoms with Crippen molar-refractivity contribution in [3.05, 3.63) is 22.9 Å². The minimum absolute atomic E-state index is 0.0135. The number of nitrogens with zero attached hydrogens (tertiary/aromatic N) is 4. The number of rotatable bonds is 5. The summed E-state index contributed by atoms with van der Waals surface area (Å²) < 4.78 is 0. The number of amides is 5. The molecule has 0 bridgehead atoms. The van der Waals surface area contributed by atoms with Crippen LogP contribution in [0.3, 0.4) is 0 Å². The number of hydrogen-bond donors (Lipinski definition) is 2. The minimum atomic E-state index is -0.606. The van der Waals surface area contributed by atoms with Crippen LogP contribution in [0.5, 0.6) is 0 Å². The van der Waals surface area contributed by atoms with Crippen molar-refractivity contribution in [1.29, 1.82) is 0 Å². The zero-order chi connectivity index (χ0) is 28.8. The lowest BCUT2D eigenvalue weighted by atomic mass is 9.77. The van der Waals surface area contributed by atoms with Gasteiger partial charge in [-0.05, 0) is 78.5 Å². The maximum absolute atomic E-state index is 13.9. The number of aromatic nitrogens is 1. The van der Waals surface area contributed by atoms with Crippen molar-refractivity contribution >= 4 is 50.3 Å². The molecule has 5 amide bonds. The first kappa shape index (κ1) is 28.5. The molecule has 0 aromatic carbocycles. The van der Waals surface area contributed by atoms with E-state index < -0.39 is 5.41 Å². The van der Waals surface area contributed by atoms with Gasteiger partial charge in [0, 0.05) is 55.8 Å². The second kappa shape index (κ2) is 11.1. The fraction of sp³-hybridized carbons (Fsp3) is 0.621. The van der Waals surface area contributed by atoms with Crippen molar-refractivity contribution in [3.63, 3.8) is 0 Å². The number of nitrogens with one attached hydrogen (secondary N) is 2. The molecule has 5 rings (SSSR count). The number of fused-ring (bicyclic) bond motifs is 1.